The Morgan fingerprint density at radius 3 is 2.93 bits per heavy atom. The van der Waals surface area contributed by atoms with E-state index in [0.29, 0.717) is 28.5 Å². The third kappa shape index (κ3) is 3.09. The predicted molar refractivity (Wildman–Crippen MR) is 101 cm³/mol. The van der Waals surface area contributed by atoms with Crippen molar-refractivity contribution in [3.8, 4) is 17.2 Å². The van der Waals surface area contributed by atoms with Crippen LogP contribution in [0.4, 0.5) is 11.8 Å². The number of fused-ring (bicyclic) bond motifs is 1. The van der Waals surface area contributed by atoms with E-state index in [1.54, 1.807) is 12.1 Å². The predicted octanol–water partition coefficient (Wildman–Crippen LogP) is 0.741. The number of hydrogen-bond donors (Lipinski definition) is 5. The summed E-state index contributed by atoms with van der Waals surface area (Å²) in [6.07, 6.45) is 1.83. The van der Waals surface area contributed by atoms with Crippen molar-refractivity contribution >= 4 is 22.9 Å². The number of benzene rings is 1. The van der Waals surface area contributed by atoms with E-state index < -0.39 is 0 Å². The molecule has 11 heteroatoms. The molecule has 0 aliphatic carbocycles. The zero-order chi connectivity index (χ0) is 19.7. The summed E-state index contributed by atoms with van der Waals surface area (Å²) in [6, 6.07) is 3.19. The lowest BCUT2D eigenvalue weighted by Crippen LogP contribution is -2.33. The summed E-state index contributed by atoms with van der Waals surface area (Å²) in [5, 5.41) is 43.4. The van der Waals surface area contributed by atoms with Crippen molar-refractivity contribution in [3.05, 3.63) is 17.7 Å². The number of nitrogens with one attached hydrogen (secondary N) is 2. The van der Waals surface area contributed by atoms with Gasteiger partial charge < -0.3 is 30.3 Å². The van der Waals surface area contributed by atoms with Crippen LogP contribution in [-0.2, 0) is 6.54 Å². The number of aromatic hydroxyl groups is 2. The quantitative estimate of drug-likeness (QED) is 0.383. The van der Waals surface area contributed by atoms with E-state index in [-0.39, 0.29) is 36.4 Å². The number of aliphatic hydroxyl groups is 1. The van der Waals surface area contributed by atoms with Gasteiger partial charge in [0.15, 0.2) is 28.5 Å². The van der Waals surface area contributed by atoms with Gasteiger partial charge in [-0.2, -0.15) is 9.97 Å². The monoisotopic (exact) mass is 387 g/mol. The molecule has 1 fully saturated rings. The molecule has 0 amide bonds. The van der Waals surface area contributed by atoms with Crippen LogP contribution in [0.1, 0.15) is 18.4 Å². The summed E-state index contributed by atoms with van der Waals surface area (Å²) < 4.78 is 4.98. The summed E-state index contributed by atoms with van der Waals surface area (Å²) in [5.41, 5.74) is 1.39. The molecule has 148 valence electrons. The molecule has 3 aromatic rings. The molecular formula is C17H21N7O4. The first-order valence-electron chi connectivity index (χ1n) is 8.90. The van der Waals surface area contributed by atoms with Gasteiger partial charge in [-0.05, 0) is 25.0 Å². The molecule has 1 aromatic carbocycles. The molecule has 1 atom stereocenters. The van der Waals surface area contributed by atoms with Gasteiger partial charge in [-0.3, -0.25) is 0 Å². The van der Waals surface area contributed by atoms with E-state index in [0.717, 1.165) is 19.4 Å². The number of aromatic amines is 1. The third-order valence-corrected chi connectivity index (χ3v) is 4.89. The Bertz CT molecular complexity index is 993. The van der Waals surface area contributed by atoms with Gasteiger partial charge in [0, 0.05) is 18.7 Å². The number of anilines is 2. The van der Waals surface area contributed by atoms with Crippen molar-refractivity contribution in [2.45, 2.75) is 25.4 Å². The average molecular weight is 387 g/mol. The molecule has 0 radical (unpaired) electrons. The smallest absolute Gasteiger partial charge is 0.229 e. The molecular weight excluding hydrogens is 366 g/mol. The van der Waals surface area contributed by atoms with Crippen molar-refractivity contribution in [3.63, 3.8) is 0 Å². The Balaban J connectivity index is 1.64. The molecule has 3 heterocycles. The van der Waals surface area contributed by atoms with Crippen molar-refractivity contribution in [1.82, 2.24) is 25.4 Å². The summed E-state index contributed by atoms with van der Waals surface area (Å²) >= 11 is 0. The van der Waals surface area contributed by atoms with Crippen LogP contribution in [0.25, 0.3) is 11.2 Å². The summed E-state index contributed by atoms with van der Waals surface area (Å²) in [4.78, 5) is 11.0. The molecule has 0 spiro atoms. The summed E-state index contributed by atoms with van der Waals surface area (Å²) in [5.74, 6) is 0.511. The zero-order valence-electron chi connectivity index (χ0n) is 15.3. The number of H-pyrrole nitrogens is 1. The minimum atomic E-state index is -0.320. The lowest BCUT2D eigenvalue weighted by atomic mass is 10.1. The van der Waals surface area contributed by atoms with E-state index in [4.69, 9.17) is 4.74 Å². The van der Waals surface area contributed by atoms with E-state index in [1.807, 2.05) is 4.90 Å². The lowest BCUT2D eigenvalue weighted by Gasteiger charge is -2.23. The highest BCUT2D eigenvalue weighted by Gasteiger charge is 2.27. The number of ether oxygens (including phenoxy) is 1. The highest BCUT2D eigenvalue weighted by molar-refractivity contribution is 5.83. The molecule has 1 aliphatic heterocycles. The highest BCUT2D eigenvalue weighted by Crippen LogP contribution is 2.38. The normalized spacial score (nSPS) is 16.6. The minimum absolute atomic E-state index is 0.0243. The molecule has 28 heavy (non-hydrogen) atoms. The van der Waals surface area contributed by atoms with Gasteiger partial charge in [-0.25, -0.2) is 5.10 Å². The van der Waals surface area contributed by atoms with Crippen molar-refractivity contribution in [1.29, 1.82) is 0 Å². The molecule has 1 aliphatic rings. The van der Waals surface area contributed by atoms with Gasteiger partial charge in [0.1, 0.15) is 0 Å². The molecule has 2 aromatic heterocycles. The second-order valence-corrected chi connectivity index (χ2v) is 6.53. The fraction of sp³-hybridized carbons (Fsp3) is 0.412. The van der Waals surface area contributed by atoms with Crippen LogP contribution in [0, 0.1) is 0 Å². The van der Waals surface area contributed by atoms with Crippen LogP contribution in [0.2, 0.25) is 0 Å². The number of hydrogen-bond acceptors (Lipinski definition) is 10. The van der Waals surface area contributed by atoms with Crippen LogP contribution < -0.4 is 15.0 Å². The Labute approximate surface area is 160 Å². The summed E-state index contributed by atoms with van der Waals surface area (Å²) in [7, 11) is 1.41. The van der Waals surface area contributed by atoms with E-state index in [1.165, 1.54) is 7.11 Å². The van der Waals surface area contributed by atoms with Gasteiger partial charge in [0.2, 0.25) is 11.7 Å². The van der Waals surface area contributed by atoms with Gasteiger partial charge >= 0.3 is 0 Å². The number of nitrogens with zero attached hydrogens (tertiary/aromatic N) is 5. The maximum Gasteiger partial charge on any atom is 0.229 e. The number of methoxy groups -OCH3 is 1. The Morgan fingerprint density at radius 1 is 1.29 bits per heavy atom. The number of phenolic OH excluding ortho intramolecular Hbond substituents is 2. The number of rotatable bonds is 6. The second-order valence-electron chi connectivity index (χ2n) is 6.53. The van der Waals surface area contributed by atoms with Crippen LogP contribution in [0.5, 0.6) is 17.2 Å². The fourth-order valence-electron chi connectivity index (χ4n) is 3.37. The van der Waals surface area contributed by atoms with Gasteiger partial charge in [-0.15, -0.1) is 5.10 Å². The van der Waals surface area contributed by atoms with Gasteiger partial charge in [-0.1, -0.05) is 5.21 Å². The lowest BCUT2D eigenvalue weighted by molar-refractivity contribution is 0.265. The second kappa shape index (κ2) is 7.35. The van der Waals surface area contributed by atoms with Crippen molar-refractivity contribution in [2.75, 3.05) is 30.5 Å². The first-order valence-corrected chi connectivity index (χ1v) is 8.90. The van der Waals surface area contributed by atoms with Gasteiger partial charge in [0.05, 0.1) is 19.8 Å². The minimum Gasteiger partial charge on any atom is -0.504 e. The number of aliphatic hydroxyl groups excluding tert-OH is 1. The maximum absolute atomic E-state index is 10.2. The first kappa shape index (κ1) is 18.0. The SMILES string of the molecule is COc1ccc(CNc2nc(N3CCC[C@@H]3CO)nc3[nH]nnc23)c(O)c1O. The Morgan fingerprint density at radius 2 is 2.14 bits per heavy atom. The first-order chi connectivity index (χ1) is 13.6. The van der Waals surface area contributed by atoms with Crippen molar-refractivity contribution in [2.24, 2.45) is 0 Å². The molecule has 0 unspecified atom stereocenters. The fourth-order valence-corrected chi connectivity index (χ4v) is 3.37. The average Bonchev–Trinajstić information content (AvgIpc) is 3.37. The Kier molecular flexibility index (Phi) is 4.74. The van der Waals surface area contributed by atoms with Crippen LogP contribution in [0.15, 0.2) is 12.1 Å². The standard InChI is InChI=1S/C17H21N7O4/c1-28-11-5-4-9(13(26)14(11)27)7-18-15-12-16(22-23-21-12)20-17(19-15)24-6-2-3-10(24)8-25/h4-5,10,25-27H,2-3,6-8H2,1H3,(H2,18,19,20,21,22,23)/t10-/m1/s1. The molecule has 0 saturated carbocycles. The number of phenols is 2. The molecule has 1 saturated heterocycles. The van der Waals surface area contributed by atoms with Gasteiger partial charge in [0.25, 0.3) is 0 Å². The maximum atomic E-state index is 10.2. The Hall–Kier alpha value is -3.34. The molecule has 4 rings (SSSR count). The molecule has 0 bridgehead atoms. The number of aromatic nitrogens is 5. The molecule has 5 N–H and O–H groups in total. The third-order valence-electron chi connectivity index (χ3n) is 4.89. The largest absolute Gasteiger partial charge is 0.504 e. The zero-order valence-corrected chi connectivity index (χ0v) is 15.3. The summed E-state index contributed by atoms with van der Waals surface area (Å²) in [6.45, 7) is 0.973. The van der Waals surface area contributed by atoms with E-state index >= 15 is 0 Å². The van der Waals surface area contributed by atoms with Crippen molar-refractivity contribution < 1.29 is 20.1 Å². The van der Waals surface area contributed by atoms with Crippen LogP contribution in [-0.4, -0.2) is 67.0 Å². The highest BCUT2D eigenvalue weighted by atomic mass is 16.5. The molecule has 11 nitrogen and oxygen atoms in total. The van der Waals surface area contributed by atoms with E-state index in [2.05, 4.69) is 30.7 Å². The van der Waals surface area contributed by atoms with E-state index in [9.17, 15) is 15.3 Å². The van der Waals surface area contributed by atoms with Crippen LogP contribution in [0.3, 0.4) is 0 Å². The van der Waals surface area contributed by atoms with Crippen LogP contribution >= 0.6 is 0 Å². The topological polar surface area (TPSA) is 153 Å².